The van der Waals surface area contributed by atoms with Crippen LogP contribution in [0.5, 0.6) is 34.5 Å². The number of carbonyl (C=O) groups excluding carboxylic acids is 2. The number of esters is 1. The molecule has 0 aromatic heterocycles. The molecule has 3 atom stereocenters. The fourth-order valence-corrected chi connectivity index (χ4v) is 7.87. The first kappa shape index (κ1) is 41.1. The topological polar surface area (TPSA) is 102 Å². The summed E-state index contributed by atoms with van der Waals surface area (Å²) in [5.41, 5.74) is 2.61. The lowest BCUT2D eigenvalue weighted by Gasteiger charge is -2.40. The van der Waals surface area contributed by atoms with Gasteiger partial charge in [0.15, 0.2) is 23.0 Å². The van der Waals surface area contributed by atoms with E-state index in [-0.39, 0.29) is 18.4 Å². The van der Waals surface area contributed by atoms with Crippen molar-refractivity contribution in [3.8, 4) is 34.5 Å². The number of rotatable bonds is 19. The highest BCUT2D eigenvalue weighted by Gasteiger charge is 2.41. The number of hydrogen-bond acceptors (Lipinski definition) is 9. The predicted molar refractivity (Wildman–Crippen MR) is 213 cm³/mol. The van der Waals surface area contributed by atoms with Crippen LogP contribution in [0, 0.1) is 5.92 Å². The van der Waals surface area contributed by atoms with Crippen LogP contribution in [0.2, 0.25) is 0 Å². The quantitative estimate of drug-likeness (QED) is 0.0878. The van der Waals surface area contributed by atoms with Crippen molar-refractivity contribution in [1.82, 2.24) is 4.90 Å². The molecule has 10 nitrogen and oxygen atoms in total. The Balaban J connectivity index is 1.45. The van der Waals surface area contributed by atoms with E-state index in [9.17, 15) is 4.79 Å². The van der Waals surface area contributed by atoms with Crippen LogP contribution in [-0.4, -0.2) is 71.0 Å². The standard InChI is InChI=1S/C45H57NO9/c1-7-25-53-35-18-14-17-33(28-35)37(22-20-31-21-23-38(49-3)39(27-31)50-4)55-45(48)36-19-12-13-24-46(36)44(47)42(32-15-10-9-11-16-32)34-29-40(51-5)43(54-26-8-2)41(30-34)52-6/h7-8,14,17-18,21,23,27-30,32,36-37,42H,1-2,9-13,15-16,19-20,22,24-26H2,3-6H3/t36?,37?,42-/m0/s1. The van der Waals surface area contributed by atoms with Gasteiger partial charge in [-0.15, -0.1) is 0 Å². The average Bonchev–Trinajstić information content (AvgIpc) is 3.23. The van der Waals surface area contributed by atoms with Gasteiger partial charge in [0, 0.05) is 6.54 Å². The maximum absolute atomic E-state index is 15.0. The molecule has 3 aromatic rings. The summed E-state index contributed by atoms with van der Waals surface area (Å²) < 4.78 is 40.8. The number of piperidine rings is 1. The third-order valence-electron chi connectivity index (χ3n) is 10.6. The van der Waals surface area contributed by atoms with Gasteiger partial charge in [0.05, 0.1) is 34.4 Å². The fourth-order valence-electron chi connectivity index (χ4n) is 7.87. The molecule has 0 N–H and O–H groups in total. The van der Waals surface area contributed by atoms with Gasteiger partial charge in [0.1, 0.15) is 31.1 Å². The number of amides is 1. The number of benzene rings is 3. The van der Waals surface area contributed by atoms with Gasteiger partial charge in [-0.3, -0.25) is 4.79 Å². The molecule has 1 saturated heterocycles. The Morgan fingerprint density at radius 1 is 0.745 bits per heavy atom. The maximum Gasteiger partial charge on any atom is 0.329 e. The normalized spacial score (nSPS) is 16.9. The lowest BCUT2D eigenvalue weighted by molar-refractivity contribution is -0.163. The van der Waals surface area contributed by atoms with E-state index >= 15 is 4.79 Å². The summed E-state index contributed by atoms with van der Waals surface area (Å²) in [6, 6.07) is 16.5. The smallest absolute Gasteiger partial charge is 0.329 e. The number of carbonyl (C=O) groups is 2. The van der Waals surface area contributed by atoms with Crippen molar-refractivity contribution in [3.63, 3.8) is 0 Å². The predicted octanol–water partition coefficient (Wildman–Crippen LogP) is 8.81. The van der Waals surface area contributed by atoms with Gasteiger partial charge >= 0.3 is 5.97 Å². The second kappa shape index (κ2) is 20.5. The summed E-state index contributed by atoms with van der Waals surface area (Å²) in [4.78, 5) is 31.3. The molecule has 2 aliphatic rings. The van der Waals surface area contributed by atoms with Crippen molar-refractivity contribution < 1.29 is 42.7 Å². The highest BCUT2D eigenvalue weighted by Crippen LogP contribution is 2.45. The van der Waals surface area contributed by atoms with Crippen molar-refractivity contribution in [3.05, 3.63) is 96.6 Å². The summed E-state index contributed by atoms with van der Waals surface area (Å²) in [5, 5.41) is 0. The number of methoxy groups -OCH3 is 4. The molecule has 2 fully saturated rings. The van der Waals surface area contributed by atoms with Crippen LogP contribution >= 0.6 is 0 Å². The molecular formula is C45H57NO9. The molecule has 1 saturated carbocycles. The molecular weight excluding hydrogens is 698 g/mol. The van der Waals surface area contributed by atoms with E-state index in [4.69, 9.17) is 33.2 Å². The van der Waals surface area contributed by atoms with Crippen LogP contribution < -0.4 is 28.4 Å². The summed E-state index contributed by atoms with van der Waals surface area (Å²) in [6.45, 7) is 8.62. The minimum atomic E-state index is -0.727. The number of hydrogen-bond donors (Lipinski definition) is 0. The van der Waals surface area contributed by atoms with Crippen LogP contribution in [0.1, 0.15) is 86.5 Å². The van der Waals surface area contributed by atoms with E-state index in [1.54, 1.807) is 45.5 Å². The average molecular weight is 756 g/mol. The third kappa shape index (κ3) is 10.3. The Morgan fingerprint density at radius 2 is 1.42 bits per heavy atom. The minimum absolute atomic E-state index is 0.0703. The van der Waals surface area contributed by atoms with E-state index in [2.05, 4.69) is 13.2 Å². The Bertz CT molecular complexity index is 1720. The molecule has 296 valence electrons. The summed E-state index contributed by atoms with van der Waals surface area (Å²) in [5.74, 6) is 2.48. The molecule has 55 heavy (non-hydrogen) atoms. The molecule has 3 aromatic carbocycles. The summed E-state index contributed by atoms with van der Waals surface area (Å²) >= 11 is 0. The molecule has 1 aliphatic carbocycles. The first-order chi connectivity index (χ1) is 26.8. The Hall–Kier alpha value is -5.12. The van der Waals surface area contributed by atoms with E-state index < -0.39 is 24.0 Å². The SMILES string of the molecule is C=CCOc1cccc(C(CCc2ccc(OC)c(OC)c2)OC(=O)C2CCCCN2C(=O)[C@H](c2cc(OC)c(OCC=C)c(OC)c2)C2CCCCC2)c1. The Kier molecular flexibility index (Phi) is 15.3. The Labute approximate surface area is 326 Å². The van der Waals surface area contributed by atoms with Gasteiger partial charge in [-0.2, -0.15) is 0 Å². The zero-order valence-corrected chi connectivity index (χ0v) is 32.9. The van der Waals surface area contributed by atoms with E-state index in [1.807, 2.05) is 54.6 Å². The Morgan fingerprint density at radius 3 is 2.09 bits per heavy atom. The van der Waals surface area contributed by atoms with Crippen LogP contribution in [0.4, 0.5) is 0 Å². The second-order valence-corrected chi connectivity index (χ2v) is 14.1. The third-order valence-corrected chi connectivity index (χ3v) is 10.6. The lowest BCUT2D eigenvalue weighted by atomic mass is 9.75. The number of nitrogens with zero attached hydrogens (tertiary/aromatic N) is 1. The van der Waals surface area contributed by atoms with Gasteiger partial charge in [-0.25, -0.2) is 4.79 Å². The highest BCUT2D eigenvalue weighted by atomic mass is 16.5. The van der Waals surface area contributed by atoms with Gasteiger partial charge in [-0.05, 0) is 104 Å². The molecule has 1 aliphatic heterocycles. The molecule has 1 amide bonds. The van der Waals surface area contributed by atoms with E-state index in [0.717, 1.165) is 61.6 Å². The van der Waals surface area contributed by atoms with Crippen molar-refractivity contribution in [2.45, 2.75) is 82.3 Å². The van der Waals surface area contributed by atoms with E-state index in [0.29, 0.717) is 66.9 Å². The van der Waals surface area contributed by atoms with Crippen molar-refractivity contribution >= 4 is 11.9 Å². The molecule has 0 radical (unpaired) electrons. The maximum atomic E-state index is 15.0. The molecule has 10 heteroatoms. The van der Waals surface area contributed by atoms with Gasteiger partial charge in [-0.1, -0.05) is 62.8 Å². The van der Waals surface area contributed by atoms with Crippen LogP contribution in [0.15, 0.2) is 79.9 Å². The highest BCUT2D eigenvalue weighted by molar-refractivity contribution is 5.89. The summed E-state index contributed by atoms with van der Waals surface area (Å²) in [7, 11) is 6.37. The fraction of sp³-hybridized carbons (Fsp3) is 0.467. The zero-order chi connectivity index (χ0) is 39.2. The minimum Gasteiger partial charge on any atom is -0.493 e. The zero-order valence-electron chi connectivity index (χ0n) is 32.9. The first-order valence-electron chi connectivity index (χ1n) is 19.4. The number of likely N-dealkylation sites (tertiary alicyclic amines) is 1. The lowest BCUT2D eigenvalue weighted by Crippen LogP contribution is -2.51. The van der Waals surface area contributed by atoms with Crippen LogP contribution in [-0.2, 0) is 20.7 Å². The van der Waals surface area contributed by atoms with Crippen LogP contribution in [0.25, 0.3) is 0 Å². The van der Waals surface area contributed by atoms with Crippen molar-refractivity contribution in [2.24, 2.45) is 5.92 Å². The van der Waals surface area contributed by atoms with Crippen LogP contribution in [0.3, 0.4) is 0 Å². The number of ether oxygens (including phenoxy) is 7. The van der Waals surface area contributed by atoms with E-state index in [1.165, 1.54) is 0 Å². The molecule has 0 bridgehead atoms. The van der Waals surface area contributed by atoms with Gasteiger partial charge in [0.25, 0.3) is 0 Å². The van der Waals surface area contributed by atoms with Gasteiger partial charge in [0.2, 0.25) is 11.7 Å². The molecule has 2 unspecified atom stereocenters. The largest absolute Gasteiger partial charge is 0.493 e. The molecule has 5 rings (SSSR count). The van der Waals surface area contributed by atoms with Crippen molar-refractivity contribution in [1.29, 1.82) is 0 Å². The molecule has 0 spiro atoms. The van der Waals surface area contributed by atoms with Crippen molar-refractivity contribution in [2.75, 3.05) is 48.2 Å². The first-order valence-corrected chi connectivity index (χ1v) is 19.4. The second-order valence-electron chi connectivity index (χ2n) is 14.1. The summed E-state index contributed by atoms with van der Waals surface area (Å²) in [6.07, 6.45) is 11.1. The molecule has 1 heterocycles. The monoisotopic (exact) mass is 755 g/mol. The number of aryl methyl sites for hydroxylation is 1. The van der Waals surface area contributed by atoms with Gasteiger partial charge < -0.3 is 38.1 Å².